The van der Waals surface area contributed by atoms with E-state index in [4.69, 9.17) is 0 Å². The lowest BCUT2D eigenvalue weighted by molar-refractivity contribution is -0.274. The van der Waals surface area contributed by atoms with Crippen LogP contribution in [-0.4, -0.2) is 24.6 Å². The molecule has 0 aromatic heterocycles. The fraction of sp³-hybridized carbons (Fsp3) is 0.429. The van der Waals surface area contributed by atoms with Gasteiger partial charge in [-0.3, -0.25) is 9.59 Å². The van der Waals surface area contributed by atoms with E-state index in [9.17, 15) is 22.8 Å². The van der Waals surface area contributed by atoms with Crippen LogP contribution in [-0.2, 0) is 9.59 Å². The van der Waals surface area contributed by atoms with Gasteiger partial charge < -0.3 is 9.64 Å². The molecule has 1 saturated heterocycles. The maximum Gasteiger partial charge on any atom is 0.573 e. The van der Waals surface area contributed by atoms with Gasteiger partial charge >= 0.3 is 6.36 Å². The molecular formula is C14H12F3NO3. The minimum absolute atomic E-state index is 0.0242. The molecule has 1 aromatic carbocycles. The number of hydrogen-bond donors (Lipinski definition) is 0. The Hall–Kier alpha value is -2.05. The predicted octanol–water partition coefficient (Wildman–Crippen LogP) is 2.53. The normalized spacial score (nSPS) is 25.4. The van der Waals surface area contributed by atoms with Crippen molar-refractivity contribution in [3.63, 3.8) is 0 Å². The third kappa shape index (κ3) is 2.72. The molecule has 4 nitrogen and oxygen atoms in total. The molecule has 1 amide bonds. The number of carbonyl (C=O) groups excluding carboxylic acids is 2. The van der Waals surface area contributed by atoms with Crippen molar-refractivity contribution in [1.29, 1.82) is 0 Å². The average molecular weight is 299 g/mol. The summed E-state index contributed by atoms with van der Waals surface area (Å²) in [6.45, 7) is 0.439. The first kappa shape index (κ1) is 13.9. The van der Waals surface area contributed by atoms with Crippen molar-refractivity contribution in [3.8, 4) is 5.75 Å². The number of fused-ring (bicyclic) bond motifs is 1. The van der Waals surface area contributed by atoms with Gasteiger partial charge in [-0.05, 0) is 30.2 Å². The third-order valence-electron chi connectivity index (χ3n) is 3.89. The molecule has 1 heterocycles. The molecule has 3 rings (SSSR count). The van der Waals surface area contributed by atoms with Gasteiger partial charge in [0, 0.05) is 25.1 Å². The SMILES string of the molecule is O=C1C[C@H]2CN(c3ccc(OC(F)(F)F)cc3)C(=O)[C@H]2C1. The van der Waals surface area contributed by atoms with Gasteiger partial charge in [0.05, 0.1) is 5.92 Å². The molecule has 2 atom stereocenters. The van der Waals surface area contributed by atoms with Crippen LogP contribution in [0.15, 0.2) is 24.3 Å². The van der Waals surface area contributed by atoms with Crippen LogP contribution in [0.1, 0.15) is 12.8 Å². The minimum atomic E-state index is -4.73. The molecule has 1 aliphatic carbocycles. The Bertz CT molecular complexity index is 582. The third-order valence-corrected chi connectivity index (χ3v) is 3.89. The average Bonchev–Trinajstić information content (AvgIpc) is 2.87. The second kappa shape index (κ2) is 4.75. The Balaban J connectivity index is 1.74. The first-order chi connectivity index (χ1) is 9.83. The molecule has 1 aliphatic heterocycles. The van der Waals surface area contributed by atoms with Crippen LogP contribution in [0.2, 0.25) is 0 Å². The second-order valence-corrected chi connectivity index (χ2v) is 5.30. The fourth-order valence-corrected chi connectivity index (χ4v) is 3.00. The number of nitrogens with zero attached hydrogens (tertiary/aromatic N) is 1. The van der Waals surface area contributed by atoms with Crippen molar-refractivity contribution >= 4 is 17.4 Å². The van der Waals surface area contributed by atoms with E-state index in [0.29, 0.717) is 18.7 Å². The largest absolute Gasteiger partial charge is 0.573 e. The number of alkyl halides is 3. The van der Waals surface area contributed by atoms with Gasteiger partial charge in [-0.2, -0.15) is 0 Å². The van der Waals surface area contributed by atoms with Crippen molar-refractivity contribution in [1.82, 2.24) is 0 Å². The molecule has 7 heteroatoms. The summed E-state index contributed by atoms with van der Waals surface area (Å²) in [5.41, 5.74) is 0.524. The molecule has 2 fully saturated rings. The quantitative estimate of drug-likeness (QED) is 0.843. The van der Waals surface area contributed by atoms with E-state index in [0.717, 1.165) is 0 Å². The van der Waals surface area contributed by atoms with Gasteiger partial charge in [0.2, 0.25) is 5.91 Å². The van der Waals surface area contributed by atoms with Crippen molar-refractivity contribution in [2.45, 2.75) is 19.2 Å². The number of benzene rings is 1. The second-order valence-electron chi connectivity index (χ2n) is 5.30. The molecule has 21 heavy (non-hydrogen) atoms. The Morgan fingerprint density at radius 2 is 1.76 bits per heavy atom. The first-order valence-corrected chi connectivity index (χ1v) is 6.52. The van der Waals surface area contributed by atoms with Crippen molar-refractivity contribution < 1.29 is 27.5 Å². The zero-order valence-corrected chi connectivity index (χ0v) is 10.9. The van der Waals surface area contributed by atoms with Gasteiger partial charge in [0.15, 0.2) is 0 Å². The highest BCUT2D eigenvalue weighted by atomic mass is 19.4. The number of ketones is 1. The van der Waals surface area contributed by atoms with Gasteiger partial charge in [-0.15, -0.1) is 13.2 Å². The van der Waals surface area contributed by atoms with Crippen molar-refractivity contribution in [2.75, 3.05) is 11.4 Å². The summed E-state index contributed by atoms with van der Waals surface area (Å²) in [4.78, 5) is 25.1. The number of halogens is 3. The molecule has 2 aliphatic rings. The zero-order chi connectivity index (χ0) is 15.2. The highest BCUT2D eigenvalue weighted by Crippen LogP contribution is 2.39. The van der Waals surface area contributed by atoms with Crippen LogP contribution in [0.5, 0.6) is 5.75 Å². The fourth-order valence-electron chi connectivity index (χ4n) is 3.00. The van der Waals surface area contributed by atoms with Crippen LogP contribution in [0.3, 0.4) is 0 Å². The summed E-state index contributed by atoms with van der Waals surface area (Å²) in [5.74, 6) is -0.602. The maximum absolute atomic E-state index is 12.2. The van der Waals surface area contributed by atoms with Crippen LogP contribution in [0, 0.1) is 11.8 Å². The van der Waals surface area contributed by atoms with Crippen molar-refractivity contribution in [3.05, 3.63) is 24.3 Å². The van der Waals surface area contributed by atoms with E-state index in [-0.39, 0.29) is 35.7 Å². The molecule has 0 unspecified atom stereocenters. The zero-order valence-electron chi connectivity index (χ0n) is 10.9. The molecule has 0 bridgehead atoms. The van der Waals surface area contributed by atoms with Crippen LogP contribution in [0.4, 0.5) is 18.9 Å². The minimum Gasteiger partial charge on any atom is -0.406 e. The molecular weight excluding hydrogens is 287 g/mol. The number of amides is 1. The Kier molecular flexibility index (Phi) is 3.15. The number of carbonyl (C=O) groups is 2. The number of anilines is 1. The summed E-state index contributed by atoms with van der Waals surface area (Å²) in [7, 11) is 0. The lowest BCUT2D eigenvalue weighted by atomic mass is 10.0. The highest BCUT2D eigenvalue weighted by Gasteiger charge is 2.46. The lowest BCUT2D eigenvalue weighted by Crippen LogP contribution is -2.27. The first-order valence-electron chi connectivity index (χ1n) is 6.52. The summed E-state index contributed by atoms with van der Waals surface area (Å²) < 4.78 is 40.0. The maximum atomic E-state index is 12.2. The molecule has 0 radical (unpaired) electrons. The Labute approximate surface area is 118 Å². The van der Waals surface area contributed by atoms with Gasteiger partial charge in [0.25, 0.3) is 0 Å². The van der Waals surface area contributed by atoms with Gasteiger partial charge in [-0.25, -0.2) is 0 Å². The predicted molar refractivity (Wildman–Crippen MR) is 66.7 cm³/mol. The summed E-state index contributed by atoms with van der Waals surface area (Å²) >= 11 is 0. The Morgan fingerprint density at radius 1 is 1.10 bits per heavy atom. The van der Waals surface area contributed by atoms with E-state index >= 15 is 0 Å². The van der Waals surface area contributed by atoms with Crippen LogP contribution >= 0.6 is 0 Å². The molecule has 1 aromatic rings. The van der Waals surface area contributed by atoms with E-state index in [1.807, 2.05) is 0 Å². The number of ether oxygens (including phenoxy) is 1. The number of hydrogen-bond acceptors (Lipinski definition) is 3. The number of Topliss-reactive ketones (excluding diaryl/α,β-unsaturated/α-hetero) is 1. The molecule has 112 valence electrons. The van der Waals surface area contributed by atoms with Crippen molar-refractivity contribution in [2.24, 2.45) is 11.8 Å². The van der Waals surface area contributed by atoms with Crippen LogP contribution < -0.4 is 9.64 Å². The lowest BCUT2D eigenvalue weighted by Gasteiger charge is -2.18. The van der Waals surface area contributed by atoms with Gasteiger partial charge in [0.1, 0.15) is 11.5 Å². The summed E-state index contributed by atoms with van der Waals surface area (Å²) in [6, 6.07) is 5.19. The highest BCUT2D eigenvalue weighted by molar-refractivity contribution is 6.02. The molecule has 0 N–H and O–H groups in total. The van der Waals surface area contributed by atoms with E-state index in [1.54, 1.807) is 0 Å². The monoisotopic (exact) mass is 299 g/mol. The van der Waals surface area contributed by atoms with Gasteiger partial charge in [-0.1, -0.05) is 0 Å². The summed E-state index contributed by atoms with van der Waals surface area (Å²) in [6.07, 6.45) is -4.06. The van der Waals surface area contributed by atoms with E-state index in [1.165, 1.54) is 29.2 Å². The molecule has 0 spiro atoms. The molecule has 1 saturated carbocycles. The summed E-state index contributed by atoms with van der Waals surface area (Å²) in [5, 5.41) is 0. The smallest absolute Gasteiger partial charge is 0.406 e. The Morgan fingerprint density at radius 3 is 2.33 bits per heavy atom. The number of rotatable bonds is 2. The van der Waals surface area contributed by atoms with E-state index < -0.39 is 6.36 Å². The standard InChI is InChI=1S/C14H12F3NO3/c15-14(16,17)21-11-3-1-9(2-4-11)18-7-8-5-10(19)6-12(8)13(18)20/h1-4,8,12H,5-7H2/t8-,12-/m0/s1. The van der Waals surface area contributed by atoms with Crippen LogP contribution in [0.25, 0.3) is 0 Å². The topological polar surface area (TPSA) is 46.6 Å². The van der Waals surface area contributed by atoms with E-state index in [2.05, 4.69) is 4.74 Å².